The number of benzene rings is 1. The van der Waals surface area contributed by atoms with E-state index in [2.05, 4.69) is 11.4 Å². The molecule has 0 radical (unpaired) electrons. The van der Waals surface area contributed by atoms with Gasteiger partial charge >= 0.3 is 0 Å². The summed E-state index contributed by atoms with van der Waals surface area (Å²) in [6, 6.07) is 6.07. The van der Waals surface area contributed by atoms with Crippen molar-refractivity contribution >= 4 is 17.5 Å². The molecular formula is C15H16ClFN2O2. The van der Waals surface area contributed by atoms with Gasteiger partial charge in [0.25, 0.3) is 0 Å². The molecule has 4 nitrogen and oxygen atoms in total. The van der Waals surface area contributed by atoms with Gasteiger partial charge in [-0.05, 0) is 30.5 Å². The molecule has 1 aliphatic rings. The summed E-state index contributed by atoms with van der Waals surface area (Å²) in [6.07, 6.45) is 1.75. The van der Waals surface area contributed by atoms with E-state index in [0.717, 1.165) is 18.9 Å². The number of carbonyl (C=O) groups excluding carboxylic acids is 1. The number of nitriles is 1. The van der Waals surface area contributed by atoms with E-state index < -0.39 is 17.3 Å². The van der Waals surface area contributed by atoms with Gasteiger partial charge < -0.3 is 10.4 Å². The third-order valence-corrected chi connectivity index (χ3v) is 4.20. The van der Waals surface area contributed by atoms with Crippen molar-refractivity contribution < 1.29 is 14.3 Å². The highest BCUT2D eigenvalue weighted by Crippen LogP contribution is 2.37. The number of amides is 1. The summed E-state index contributed by atoms with van der Waals surface area (Å²) in [5.74, 6) is -0.986. The van der Waals surface area contributed by atoms with Gasteiger partial charge in [0.15, 0.2) is 0 Å². The predicted molar refractivity (Wildman–Crippen MR) is 75.9 cm³/mol. The Morgan fingerprint density at radius 3 is 2.76 bits per heavy atom. The number of hydrogen-bond donors (Lipinski definition) is 2. The fourth-order valence-electron chi connectivity index (χ4n) is 2.56. The Bertz CT molecular complexity index is 580. The molecule has 0 heterocycles. The van der Waals surface area contributed by atoms with E-state index in [1.54, 1.807) is 0 Å². The van der Waals surface area contributed by atoms with Gasteiger partial charge in [0.2, 0.25) is 5.91 Å². The predicted octanol–water partition coefficient (Wildman–Crippen LogP) is 2.71. The van der Waals surface area contributed by atoms with Gasteiger partial charge in [-0.3, -0.25) is 4.79 Å². The summed E-state index contributed by atoms with van der Waals surface area (Å²) in [5, 5.41) is 21.7. The van der Waals surface area contributed by atoms with Gasteiger partial charge in [0, 0.05) is 6.54 Å². The second-order valence-corrected chi connectivity index (χ2v) is 5.71. The molecule has 0 bridgehead atoms. The number of hydrogen-bond acceptors (Lipinski definition) is 3. The minimum absolute atomic E-state index is 0.0237. The van der Waals surface area contributed by atoms with Crippen molar-refractivity contribution in [2.24, 2.45) is 5.41 Å². The first-order chi connectivity index (χ1) is 9.98. The van der Waals surface area contributed by atoms with Gasteiger partial charge in [-0.2, -0.15) is 5.26 Å². The summed E-state index contributed by atoms with van der Waals surface area (Å²) in [4.78, 5) is 12.1. The summed E-state index contributed by atoms with van der Waals surface area (Å²) < 4.78 is 13.3. The zero-order valence-corrected chi connectivity index (χ0v) is 12.2. The Kier molecular flexibility index (Phi) is 4.81. The van der Waals surface area contributed by atoms with Crippen LogP contribution in [-0.4, -0.2) is 17.6 Å². The molecule has 2 N–H and O–H groups in total. The topological polar surface area (TPSA) is 73.1 Å². The molecule has 0 saturated heterocycles. The molecule has 1 aromatic carbocycles. The quantitative estimate of drug-likeness (QED) is 0.898. The van der Waals surface area contributed by atoms with Crippen molar-refractivity contribution in [3.8, 4) is 6.07 Å². The van der Waals surface area contributed by atoms with Crippen molar-refractivity contribution in [2.75, 3.05) is 6.54 Å². The second-order valence-electron chi connectivity index (χ2n) is 5.30. The van der Waals surface area contributed by atoms with Crippen molar-refractivity contribution in [3.05, 3.63) is 34.6 Å². The summed E-state index contributed by atoms with van der Waals surface area (Å²) in [5.41, 5.74) is -0.653. The van der Waals surface area contributed by atoms with Gasteiger partial charge in [0.1, 0.15) is 11.2 Å². The fourth-order valence-corrected chi connectivity index (χ4v) is 2.68. The van der Waals surface area contributed by atoms with Crippen LogP contribution in [0.25, 0.3) is 0 Å². The maximum absolute atomic E-state index is 13.3. The van der Waals surface area contributed by atoms with E-state index in [-0.39, 0.29) is 17.5 Å². The lowest BCUT2D eigenvalue weighted by Gasteiger charge is -2.20. The highest BCUT2D eigenvalue weighted by atomic mass is 35.5. The smallest absolute Gasteiger partial charge is 0.240 e. The molecule has 6 heteroatoms. The average Bonchev–Trinajstić information content (AvgIpc) is 2.97. The Labute approximate surface area is 127 Å². The molecule has 0 aromatic heterocycles. The van der Waals surface area contributed by atoms with Crippen LogP contribution >= 0.6 is 11.6 Å². The fraction of sp³-hybridized carbons (Fsp3) is 0.467. The highest BCUT2D eigenvalue weighted by Gasteiger charge is 2.41. The lowest BCUT2D eigenvalue weighted by Crippen LogP contribution is -2.40. The number of nitrogens with one attached hydrogen (secondary N) is 1. The van der Waals surface area contributed by atoms with Crippen molar-refractivity contribution in [2.45, 2.75) is 31.8 Å². The normalized spacial score (nSPS) is 18.0. The SMILES string of the molecule is N#CC1(C(=O)NCC(O)c2ccc(Cl)c(F)c2)CCCC1. The van der Waals surface area contributed by atoms with E-state index in [1.165, 1.54) is 12.1 Å². The molecule has 21 heavy (non-hydrogen) atoms. The Morgan fingerprint density at radius 1 is 1.52 bits per heavy atom. The minimum Gasteiger partial charge on any atom is -0.387 e. The van der Waals surface area contributed by atoms with Crippen LogP contribution in [0.5, 0.6) is 0 Å². The zero-order valence-electron chi connectivity index (χ0n) is 11.4. The van der Waals surface area contributed by atoms with Crippen LogP contribution in [-0.2, 0) is 4.79 Å². The second kappa shape index (κ2) is 6.42. The lowest BCUT2D eigenvalue weighted by atomic mass is 9.87. The van der Waals surface area contributed by atoms with E-state index in [0.29, 0.717) is 18.4 Å². The maximum Gasteiger partial charge on any atom is 0.240 e. The van der Waals surface area contributed by atoms with E-state index in [4.69, 9.17) is 11.6 Å². The lowest BCUT2D eigenvalue weighted by molar-refractivity contribution is -0.128. The average molecular weight is 311 g/mol. The van der Waals surface area contributed by atoms with Gasteiger partial charge in [-0.25, -0.2) is 4.39 Å². The highest BCUT2D eigenvalue weighted by molar-refractivity contribution is 6.30. The summed E-state index contributed by atoms with van der Waals surface area (Å²) >= 11 is 5.57. The third kappa shape index (κ3) is 3.34. The van der Waals surface area contributed by atoms with E-state index >= 15 is 0 Å². The van der Waals surface area contributed by atoms with Crippen molar-refractivity contribution in [1.29, 1.82) is 5.26 Å². The molecule has 0 spiro atoms. The molecule has 1 unspecified atom stereocenters. The molecule has 1 amide bonds. The van der Waals surface area contributed by atoms with Crippen molar-refractivity contribution in [3.63, 3.8) is 0 Å². The van der Waals surface area contributed by atoms with Crippen LogP contribution in [0.3, 0.4) is 0 Å². The van der Waals surface area contributed by atoms with Crippen LogP contribution in [0, 0.1) is 22.6 Å². The number of rotatable bonds is 4. The third-order valence-electron chi connectivity index (χ3n) is 3.89. The van der Waals surface area contributed by atoms with E-state index in [1.807, 2.05) is 0 Å². The number of halogens is 2. The number of aliphatic hydroxyl groups excluding tert-OH is 1. The first-order valence-corrected chi connectivity index (χ1v) is 7.19. The molecular weight excluding hydrogens is 295 g/mol. The van der Waals surface area contributed by atoms with Crippen LogP contribution in [0.2, 0.25) is 5.02 Å². The van der Waals surface area contributed by atoms with E-state index in [9.17, 15) is 19.6 Å². The molecule has 0 aliphatic heterocycles. The van der Waals surface area contributed by atoms with Crippen LogP contribution in [0.1, 0.15) is 37.4 Å². The maximum atomic E-state index is 13.3. The van der Waals surface area contributed by atoms with Gasteiger partial charge in [-0.15, -0.1) is 0 Å². The number of carbonyl (C=O) groups is 1. The molecule has 1 saturated carbocycles. The standard InChI is InChI=1S/C15H16ClFN2O2/c16-11-4-3-10(7-12(11)17)13(20)8-19-14(21)15(9-18)5-1-2-6-15/h3-4,7,13,20H,1-2,5-6,8H2,(H,19,21). The van der Waals surface area contributed by atoms with Gasteiger partial charge in [0.05, 0.1) is 17.2 Å². The minimum atomic E-state index is -1.04. The molecule has 1 aromatic rings. The monoisotopic (exact) mass is 310 g/mol. The summed E-state index contributed by atoms with van der Waals surface area (Å²) in [6.45, 7) is -0.0661. The number of nitrogens with zero attached hydrogens (tertiary/aromatic N) is 1. The number of aliphatic hydroxyl groups is 1. The largest absolute Gasteiger partial charge is 0.387 e. The molecule has 1 fully saturated rings. The van der Waals surface area contributed by atoms with Gasteiger partial charge in [-0.1, -0.05) is 30.5 Å². The molecule has 1 aliphatic carbocycles. The first kappa shape index (κ1) is 15.7. The summed E-state index contributed by atoms with van der Waals surface area (Å²) in [7, 11) is 0. The Morgan fingerprint density at radius 2 is 2.19 bits per heavy atom. The van der Waals surface area contributed by atoms with Crippen LogP contribution in [0.4, 0.5) is 4.39 Å². The van der Waals surface area contributed by atoms with Crippen LogP contribution < -0.4 is 5.32 Å². The Balaban J connectivity index is 1.97. The molecule has 1 atom stereocenters. The first-order valence-electron chi connectivity index (χ1n) is 6.81. The van der Waals surface area contributed by atoms with Crippen molar-refractivity contribution in [1.82, 2.24) is 5.32 Å². The Hall–Kier alpha value is -1.64. The van der Waals surface area contributed by atoms with Crippen LogP contribution in [0.15, 0.2) is 18.2 Å². The molecule has 2 rings (SSSR count). The zero-order chi connectivity index (χ0) is 15.5. The molecule has 112 valence electrons.